The summed E-state index contributed by atoms with van der Waals surface area (Å²) in [6.07, 6.45) is 4.17. The second kappa shape index (κ2) is 14.9. The summed E-state index contributed by atoms with van der Waals surface area (Å²) in [5.41, 5.74) is 2.69. The average molecular weight is 629 g/mol. The SMILES string of the molecule is CCOc1ccc(-c2ccc(OCCN3CCOCC3)c(C=C3SC(=S)N(CCCCc4nn[nH]n4)C3=O)c2)cc1Cl. The van der Waals surface area contributed by atoms with Crippen LogP contribution >= 0.6 is 35.6 Å². The molecule has 0 radical (unpaired) electrons. The highest BCUT2D eigenvalue weighted by Gasteiger charge is 2.31. The zero-order valence-electron chi connectivity index (χ0n) is 23.4. The zero-order valence-corrected chi connectivity index (χ0v) is 25.8. The molecule has 10 nitrogen and oxygen atoms in total. The van der Waals surface area contributed by atoms with Crippen molar-refractivity contribution in [2.75, 3.05) is 52.6 Å². The van der Waals surface area contributed by atoms with Gasteiger partial charge in [0.25, 0.3) is 5.91 Å². The molecule has 5 rings (SSSR count). The summed E-state index contributed by atoms with van der Waals surface area (Å²) < 4.78 is 17.9. The van der Waals surface area contributed by atoms with Crippen molar-refractivity contribution < 1.29 is 19.0 Å². The van der Waals surface area contributed by atoms with Crippen LogP contribution in [-0.4, -0.2) is 93.3 Å². The van der Waals surface area contributed by atoms with Crippen molar-refractivity contribution in [2.45, 2.75) is 26.2 Å². The van der Waals surface area contributed by atoms with Crippen LogP contribution < -0.4 is 9.47 Å². The summed E-state index contributed by atoms with van der Waals surface area (Å²) in [4.78, 5) is 17.9. The van der Waals surface area contributed by atoms with Gasteiger partial charge in [-0.2, -0.15) is 5.21 Å². The molecular formula is C29H33ClN6O4S2. The van der Waals surface area contributed by atoms with Crippen molar-refractivity contribution in [3.8, 4) is 22.6 Å². The van der Waals surface area contributed by atoms with Gasteiger partial charge in [0.15, 0.2) is 5.82 Å². The van der Waals surface area contributed by atoms with E-state index in [1.807, 2.05) is 49.4 Å². The first-order chi connectivity index (χ1) is 20.5. The monoisotopic (exact) mass is 628 g/mol. The van der Waals surface area contributed by atoms with Crippen molar-refractivity contribution in [1.82, 2.24) is 30.4 Å². The predicted octanol–water partition coefficient (Wildman–Crippen LogP) is 4.85. The number of carbonyl (C=O) groups is 1. The van der Waals surface area contributed by atoms with Crippen LogP contribution in [-0.2, 0) is 16.0 Å². The quantitative estimate of drug-likeness (QED) is 0.160. The van der Waals surface area contributed by atoms with Gasteiger partial charge in [-0.15, -0.1) is 10.2 Å². The van der Waals surface area contributed by atoms with Crippen molar-refractivity contribution in [3.05, 3.63) is 57.7 Å². The maximum absolute atomic E-state index is 13.4. The van der Waals surface area contributed by atoms with Crippen molar-refractivity contribution in [3.63, 3.8) is 0 Å². The fourth-order valence-corrected chi connectivity index (χ4v) is 6.24. The topological polar surface area (TPSA) is 106 Å². The Morgan fingerprint density at radius 1 is 1.10 bits per heavy atom. The summed E-state index contributed by atoms with van der Waals surface area (Å²) in [5, 5.41) is 14.5. The molecule has 3 heterocycles. The molecular weight excluding hydrogens is 596 g/mol. The Kier molecular flexibility index (Phi) is 10.8. The Morgan fingerprint density at radius 2 is 1.88 bits per heavy atom. The second-order valence-corrected chi connectivity index (χ2v) is 11.8. The lowest BCUT2D eigenvalue weighted by atomic mass is 10.0. The number of carbonyl (C=O) groups excluding carboxylic acids is 1. The third-order valence-electron chi connectivity index (χ3n) is 6.93. The van der Waals surface area contributed by atoms with E-state index in [4.69, 9.17) is 38.0 Å². The summed E-state index contributed by atoms with van der Waals surface area (Å²) in [5.74, 6) is 1.91. The molecule has 1 N–H and O–H groups in total. The minimum absolute atomic E-state index is 0.0988. The number of tetrazole rings is 1. The highest BCUT2D eigenvalue weighted by Crippen LogP contribution is 2.37. The minimum Gasteiger partial charge on any atom is -0.492 e. The van der Waals surface area contributed by atoms with E-state index in [1.165, 1.54) is 11.8 Å². The molecule has 0 atom stereocenters. The Bertz CT molecular complexity index is 1420. The van der Waals surface area contributed by atoms with Gasteiger partial charge in [-0.25, -0.2) is 0 Å². The number of rotatable bonds is 13. The summed E-state index contributed by atoms with van der Waals surface area (Å²) in [6.45, 7) is 7.59. The number of halogens is 1. The molecule has 0 aliphatic carbocycles. The van der Waals surface area contributed by atoms with Gasteiger partial charge < -0.3 is 14.2 Å². The Hall–Kier alpha value is -3.03. The van der Waals surface area contributed by atoms with Crippen LogP contribution in [0.15, 0.2) is 41.3 Å². The molecule has 222 valence electrons. The third kappa shape index (κ3) is 7.87. The van der Waals surface area contributed by atoms with E-state index >= 15 is 0 Å². The molecule has 1 aromatic heterocycles. The van der Waals surface area contributed by atoms with Crippen molar-refractivity contribution in [1.29, 1.82) is 0 Å². The number of thioether (sulfide) groups is 1. The molecule has 0 spiro atoms. The van der Waals surface area contributed by atoms with Crippen LogP contribution in [0.2, 0.25) is 5.02 Å². The molecule has 0 saturated carbocycles. The van der Waals surface area contributed by atoms with Gasteiger partial charge in [0, 0.05) is 38.2 Å². The predicted molar refractivity (Wildman–Crippen MR) is 168 cm³/mol. The molecule has 2 aliphatic rings. The van der Waals surface area contributed by atoms with Gasteiger partial charge in [0.05, 0.1) is 29.7 Å². The van der Waals surface area contributed by atoms with E-state index in [0.717, 1.165) is 62.4 Å². The maximum Gasteiger partial charge on any atom is 0.266 e. The lowest BCUT2D eigenvalue weighted by Gasteiger charge is -2.26. The van der Waals surface area contributed by atoms with Gasteiger partial charge in [0.2, 0.25) is 0 Å². The molecule has 2 aliphatic heterocycles. The van der Waals surface area contributed by atoms with Gasteiger partial charge >= 0.3 is 0 Å². The molecule has 0 unspecified atom stereocenters. The van der Waals surface area contributed by atoms with Crippen LogP contribution in [0.4, 0.5) is 0 Å². The average Bonchev–Trinajstić information content (AvgIpc) is 3.61. The van der Waals surface area contributed by atoms with Gasteiger partial charge in [-0.3, -0.25) is 14.6 Å². The van der Waals surface area contributed by atoms with Crippen LogP contribution in [0, 0.1) is 0 Å². The zero-order chi connectivity index (χ0) is 29.3. The molecule has 2 saturated heterocycles. The van der Waals surface area contributed by atoms with Gasteiger partial charge in [0.1, 0.15) is 22.4 Å². The molecule has 13 heteroatoms. The summed E-state index contributed by atoms with van der Waals surface area (Å²) in [7, 11) is 0. The smallest absolute Gasteiger partial charge is 0.266 e. The fourth-order valence-electron chi connectivity index (χ4n) is 4.71. The standard InChI is InChI=1S/C29H33ClN6O4S2/c1-2-39-25-9-7-21(18-23(25)30)20-6-8-24(40-16-13-35-11-14-38-15-12-35)22(17-20)19-26-28(37)36(29(41)42-26)10-4-3-5-27-31-33-34-32-27/h6-9,17-19H,2-5,10-16H2,1H3,(H,31,32,33,34). The number of aromatic amines is 1. The van der Waals surface area contributed by atoms with E-state index in [1.54, 1.807) is 4.90 Å². The number of amides is 1. The minimum atomic E-state index is -0.0988. The first kappa shape index (κ1) is 30.4. The molecule has 2 aromatic carbocycles. The molecule has 1 amide bonds. The second-order valence-electron chi connectivity index (χ2n) is 9.75. The third-order valence-corrected chi connectivity index (χ3v) is 8.60. The highest BCUT2D eigenvalue weighted by atomic mass is 35.5. The Balaban J connectivity index is 1.33. The van der Waals surface area contributed by atoms with Crippen LogP contribution in [0.5, 0.6) is 11.5 Å². The van der Waals surface area contributed by atoms with Gasteiger partial charge in [-0.1, -0.05) is 52.9 Å². The largest absolute Gasteiger partial charge is 0.492 e. The van der Waals surface area contributed by atoms with Crippen LogP contribution in [0.3, 0.4) is 0 Å². The number of aromatic nitrogens is 4. The number of benzene rings is 2. The number of hydrogen-bond acceptors (Lipinski definition) is 10. The van der Waals surface area contributed by atoms with E-state index in [9.17, 15) is 4.79 Å². The number of morpholine rings is 1. The van der Waals surface area contributed by atoms with E-state index in [2.05, 4.69) is 25.5 Å². The summed E-state index contributed by atoms with van der Waals surface area (Å²) in [6, 6.07) is 11.7. The van der Waals surface area contributed by atoms with Crippen LogP contribution in [0.25, 0.3) is 17.2 Å². The Morgan fingerprint density at radius 3 is 2.62 bits per heavy atom. The number of hydrogen-bond donors (Lipinski definition) is 1. The van der Waals surface area contributed by atoms with Crippen molar-refractivity contribution in [2.24, 2.45) is 0 Å². The Labute approximate surface area is 259 Å². The maximum atomic E-state index is 13.4. The highest BCUT2D eigenvalue weighted by molar-refractivity contribution is 8.26. The lowest BCUT2D eigenvalue weighted by Crippen LogP contribution is -2.38. The normalized spacial score (nSPS) is 16.9. The summed E-state index contributed by atoms with van der Waals surface area (Å²) >= 11 is 13.4. The number of aryl methyl sites for hydroxylation is 1. The molecule has 3 aromatic rings. The van der Waals surface area contributed by atoms with Crippen molar-refractivity contribution >= 4 is 51.9 Å². The lowest BCUT2D eigenvalue weighted by molar-refractivity contribution is -0.122. The van der Waals surface area contributed by atoms with E-state index in [-0.39, 0.29) is 5.91 Å². The number of H-pyrrole nitrogens is 1. The number of nitrogens with one attached hydrogen (secondary N) is 1. The number of ether oxygens (including phenoxy) is 3. The number of nitrogens with zero attached hydrogens (tertiary/aromatic N) is 5. The van der Waals surface area contributed by atoms with Gasteiger partial charge in [-0.05, 0) is 61.2 Å². The molecule has 42 heavy (non-hydrogen) atoms. The fraction of sp³-hybridized carbons (Fsp3) is 0.414. The molecule has 2 fully saturated rings. The first-order valence-corrected chi connectivity index (χ1v) is 15.6. The number of thiocarbonyl (C=S) groups is 1. The molecule has 0 bridgehead atoms. The first-order valence-electron chi connectivity index (χ1n) is 14.0. The van der Waals surface area contributed by atoms with E-state index < -0.39 is 0 Å². The number of unbranched alkanes of at least 4 members (excludes halogenated alkanes) is 1. The van der Waals surface area contributed by atoms with E-state index in [0.29, 0.717) is 57.8 Å². The van der Waals surface area contributed by atoms with Crippen LogP contribution in [0.1, 0.15) is 31.2 Å².